The lowest BCUT2D eigenvalue weighted by atomic mass is 10.2. The predicted molar refractivity (Wildman–Crippen MR) is 85.8 cm³/mol. The van der Waals surface area contributed by atoms with E-state index in [0.29, 0.717) is 16.2 Å². The normalized spacial score (nSPS) is 10.4. The molecule has 1 heterocycles. The van der Waals surface area contributed by atoms with Gasteiger partial charge in [-0.3, -0.25) is 25.0 Å². The van der Waals surface area contributed by atoms with Crippen LogP contribution < -0.4 is 10.9 Å². The molecule has 3 rings (SSSR count). The topological polar surface area (TPSA) is 63.1 Å². The zero-order valence-corrected chi connectivity index (χ0v) is 12.2. The van der Waals surface area contributed by atoms with E-state index in [2.05, 4.69) is 10.9 Å². The van der Waals surface area contributed by atoms with Crippen molar-refractivity contribution in [2.75, 3.05) is 5.43 Å². The van der Waals surface area contributed by atoms with Gasteiger partial charge in [0.1, 0.15) is 0 Å². The Kier molecular flexibility index (Phi) is 3.80. The molecule has 0 fully saturated rings. The Bertz CT molecular complexity index is 857. The molecule has 0 atom stereocenters. The first-order valence-corrected chi connectivity index (χ1v) is 6.95. The summed E-state index contributed by atoms with van der Waals surface area (Å²) in [7, 11) is 0. The van der Waals surface area contributed by atoms with Crippen LogP contribution in [-0.4, -0.2) is 16.4 Å². The molecule has 0 spiro atoms. The molecule has 2 aromatic carbocycles. The zero-order valence-electron chi connectivity index (χ0n) is 11.4. The Balaban J connectivity index is 1.73. The van der Waals surface area contributed by atoms with Gasteiger partial charge in [0, 0.05) is 16.6 Å². The van der Waals surface area contributed by atoms with Gasteiger partial charge in [-0.1, -0.05) is 35.9 Å². The molecule has 2 N–H and O–H groups in total. The third kappa shape index (κ3) is 2.80. The third-order valence-electron chi connectivity index (χ3n) is 3.16. The lowest BCUT2D eigenvalue weighted by Gasteiger charge is -2.09. The van der Waals surface area contributed by atoms with Crippen molar-refractivity contribution in [2.24, 2.45) is 0 Å². The summed E-state index contributed by atoms with van der Waals surface area (Å²) in [6.07, 6.45) is 1.58. The first-order chi connectivity index (χ1) is 10.6. The Morgan fingerprint density at radius 3 is 2.64 bits per heavy atom. The van der Waals surface area contributed by atoms with Crippen molar-refractivity contribution in [3.8, 4) is 0 Å². The highest BCUT2D eigenvalue weighted by atomic mass is 35.5. The maximum atomic E-state index is 12.2. The monoisotopic (exact) mass is 313 g/mol. The van der Waals surface area contributed by atoms with Gasteiger partial charge in [0.2, 0.25) is 0 Å². The molecular weight excluding hydrogens is 302 g/mol. The van der Waals surface area contributed by atoms with Gasteiger partial charge in [-0.15, -0.1) is 0 Å². The van der Waals surface area contributed by atoms with E-state index in [1.807, 2.05) is 18.2 Å². The van der Waals surface area contributed by atoms with Crippen molar-refractivity contribution in [1.82, 2.24) is 9.99 Å². The van der Waals surface area contributed by atoms with Crippen LogP contribution in [0.3, 0.4) is 0 Å². The van der Waals surface area contributed by atoms with E-state index in [0.717, 1.165) is 5.39 Å². The average Bonchev–Trinajstić information content (AvgIpc) is 2.96. The van der Waals surface area contributed by atoms with Crippen molar-refractivity contribution < 1.29 is 9.59 Å². The second-order valence-corrected chi connectivity index (χ2v) is 5.08. The second kappa shape index (κ2) is 5.91. The fourth-order valence-corrected chi connectivity index (χ4v) is 2.31. The molecule has 3 aromatic rings. The van der Waals surface area contributed by atoms with Gasteiger partial charge in [0.15, 0.2) is 0 Å². The molecule has 1 aromatic heterocycles. The van der Waals surface area contributed by atoms with E-state index in [1.165, 1.54) is 4.57 Å². The van der Waals surface area contributed by atoms with Crippen LogP contribution in [0.15, 0.2) is 60.8 Å². The number of rotatable bonds is 2. The maximum absolute atomic E-state index is 12.2. The predicted octanol–water partition coefficient (Wildman–Crippen LogP) is 3.08. The summed E-state index contributed by atoms with van der Waals surface area (Å²) in [5.41, 5.74) is 6.29. The van der Waals surface area contributed by atoms with Crippen molar-refractivity contribution in [1.29, 1.82) is 0 Å². The number of aromatic nitrogens is 1. The van der Waals surface area contributed by atoms with Crippen LogP contribution in [0.2, 0.25) is 5.02 Å². The molecule has 0 radical (unpaired) electrons. The Hall–Kier alpha value is -2.79. The molecule has 0 aliphatic rings. The van der Waals surface area contributed by atoms with Crippen LogP contribution in [0.25, 0.3) is 10.9 Å². The minimum Gasteiger partial charge on any atom is -0.298 e. The Labute approximate surface area is 131 Å². The van der Waals surface area contributed by atoms with Gasteiger partial charge in [0.05, 0.1) is 11.2 Å². The number of nitrogens with zero attached hydrogens (tertiary/aromatic N) is 1. The van der Waals surface area contributed by atoms with E-state index >= 15 is 0 Å². The number of hydrogen-bond acceptors (Lipinski definition) is 3. The highest BCUT2D eigenvalue weighted by molar-refractivity contribution is 6.37. The first kappa shape index (κ1) is 14.2. The van der Waals surface area contributed by atoms with Crippen molar-refractivity contribution in [3.63, 3.8) is 0 Å². The van der Waals surface area contributed by atoms with Crippen LogP contribution in [0.4, 0.5) is 5.69 Å². The number of hydrazine groups is 1. The smallest absolute Gasteiger partial charge is 0.298 e. The molecule has 0 aliphatic carbocycles. The summed E-state index contributed by atoms with van der Waals surface area (Å²) in [6, 6.07) is 15.9. The standard InChI is InChI=1S/C16H12ClN3O2/c17-12-5-3-6-13(10-12)18-19-15(21)16(22)20-9-8-11-4-1-2-7-14(11)20/h1-10,18H,(H,19,21). The fourth-order valence-electron chi connectivity index (χ4n) is 2.12. The van der Waals surface area contributed by atoms with Gasteiger partial charge in [-0.25, -0.2) is 0 Å². The average molecular weight is 314 g/mol. The Morgan fingerprint density at radius 1 is 1.00 bits per heavy atom. The van der Waals surface area contributed by atoms with E-state index in [-0.39, 0.29) is 0 Å². The van der Waals surface area contributed by atoms with Crippen LogP contribution >= 0.6 is 11.6 Å². The van der Waals surface area contributed by atoms with E-state index in [9.17, 15) is 9.59 Å². The molecule has 5 nitrogen and oxygen atoms in total. The van der Waals surface area contributed by atoms with Gasteiger partial charge in [-0.05, 0) is 30.3 Å². The first-order valence-electron chi connectivity index (χ1n) is 6.57. The summed E-state index contributed by atoms with van der Waals surface area (Å²) >= 11 is 5.85. The largest absolute Gasteiger partial charge is 0.328 e. The second-order valence-electron chi connectivity index (χ2n) is 4.64. The molecule has 0 aliphatic heterocycles. The quantitative estimate of drug-likeness (QED) is 0.564. The van der Waals surface area contributed by atoms with Crippen LogP contribution in [0.1, 0.15) is 4.79 Å². The molecular formula is C16H12ClN3O2. The number of para-hydroxylation sites is 1. The molecule has 1 amide bonds. The SMILES string of the molecule is O=C(NNc1cccc(Cl)c1)C(=O)n1ccc2ccccc21. The minimum atomic E-state index is -0.763. The van der Waals surface area contributed by atoms with Gasteiger partial charge in [0.25, 0.3) is 0 Å². The number of nitrogens with one attached hydrogen (secondary N) is 2. The Morgan fingerprint density at radius 2 is 1.82 bits per heavy atom. The van der Waals surface area contributed by atoms with Crippen LogP contribution in [-0.2, 0) is 4.79 Å². The molecule has 6 heteroatoms. The van der Waals surface area contributed by atoms with Gasteiger partial charge < -0.3 is 0 Å². The molecule has 0 unspecified atom stereocenters. The lowest BCUT2D eigenvalue weighted by molar-refractivity contribution is -0.117. The fraction of sp³-hybridized carbons (Fsp3) is 0. The van der Waals surface area contributed by atoms with E-state index in [4.69, 9.17) is 11.6 Å². The van der Waals surface area contributed by atoms with Crippen molar-refractivity contribution >= 4 is 40.0 Å². The number of amides is 1. The summed E-state index contributed by atoms with van der Waals surface area (Å²) in [5.74, 6) is -1.43. The van der Waals surface area contributed by atoms with Gasteiger partial charge in [-0.2, -0.15) is 0 Å². The lowest BCUT2D eigenvalue weighted by Crippen LogP contribution is -2.37. The van der Waals surface area contributed by atoms with Crippen LogP contribution in [0.5, 0.6) is 0 Å². The third-order valence-corrected chi connectivity index (χ3v) is 3.39. The molecule has 0 bridgehead atoms. The maximum Gasteiger partial charge on any atom is 0.328 e. The number of fused-ring (bicyclic) bond motifs is 1. The van der Waals surface area contributed by atoms with E-state index in [1.54, 1.807) is 42.6 Å². The summed E-state index contributed by atoms with van der Waals surface area (Å²) in [5, 5.41) is 1.42. The van der Waals surface area contributed by atoms with Crippen LogP contribution in [0, 0.1) is 0 Å². The van der Waals surface area contributed by atoms with E-state index < -0.39 is 11.8 Å². The number of benzene rings is 2. The summed E-state index contributed by atoms with van der Waals surface area (Å²) in [4.78, 5) is 24.2. The number of hydrogen-bond donors (Lipinski definition) is 2. The van der Waals surface area contributed by atoms with Crippen molar-refractivity contribution in [3.05, 3.63) is 65.8 Å². The zero-order chi connectivity index (χ0) is 15.5. The number of carbonyl (C=O) groups is 2. The number of anilines is 1. The highest BCUT2D eigenvalue weighted by Gasteiger charge is 2.17. The minimum absolute atomic E-state index is 0.530. The van der Waals surface area contributed by atoms with Gasteiger partial charge >= 0.3 is 11.8 Å². The molecule has 0 saturated heterocycles. The molecule has 22 heavy (non-hydrogen) atoms. The summed E-state index contributed by atoms with van der Waals surface area (Å²) < 4.78 is 1.31. The van der Waals surface area contributed by atoms with Crippen molar-refractivity contribution in [2.45, 2.75) is 0 Å². The summed E-state index contributed by atoms with van der Waals surface area (Å²) in [6.45, 7) is 0. The molecule has 110 valence electrons. The number of carbonyl (C=O) groups excluding carboxylic acids is 2. The molecule has 0 saturated carbocycles. The number of halogens is 1. The highest BCUT2D eigenvalue weighted by Crippen LogP contribution is 2.15.